The van der Waals surface area contributed by atoms with Gasteiger partial charge in [0.05, 0.1) is 41.6 Å². The lowest BCUT2D eigenvalue weighted by Gasteiger charge is -2.35. The summed E-state index contributed by atoms with van der Waals surface area (Å²) < 4.78 is 6.40. The molecule has 31 heteroatoms. The smallest absolute Gasteiger partial charge is 0.244 e. The average Bonchev–Trinajstić information content (AvgIpc) is 1.63. The summed E-state index contributed by atoms with van der Waals surface area (Å²) in [5.74, 6) is 2.59. The fourth-order valence-corrected chi connectivity index (χ4v) is 18.0. The van der Waals surface area contributed by atoms with Crippen molar-refractivity contribution in [1.82, 2.24) is 115 Å². The van der Waals surface area contributed by atoms with Gasteiger partial charge in [0.15, 0.2) is 22.6 Å². The molecular weight excluding hydrogens is 1750 g/mol. The predicted octanol–water partition coefficient (Wildman–Crippen LogP) is 17.6. The first-order valence-electron chi connectivity index (χ1n) is 43.9. The van der Waals surface area contributed by atoms with E-state index in [4.69, 9.17) is 73.2 Å². The Labute approximate surface area is 788 Å². The van der Waals surface area contributed by atoms with E-state index in [2.05, 4.69) is 93.3 Å². The van der Waals surface area contributed by atoms with E-state index in [1.807, 2.05) is 265 Å². The standard InChI is InChI=1S/C26H27ClN6O.C26H22ClN5O.C25H25ClN6O.C25H19ClN6O/c1-31(2)20-13-15-32(16-14-20)21(34)17-33-26-22(24(30-33)18-9-5-3-6-10-18)23(27)25(28-29-26)19-11-7-4-8-12-19;1-2-18-10-9-15-31(16-18)21(33)17-32-26-22(24(30-32)19-11-5-3-6-12-19)23(27)25(28-29-26)20-13-7-4-8-14-20;1-31-14-12-19(13-15-31)27-20(33)16-32-25-21(23(30-32)17-8-4-2-5-9-17)22(26)24(28-29-25)18-10-6-3-7-11-18;26-22-21-23(18-9-3-1-4-10-18)31-32(16-20(33)28-15-17-8-7-13-27-14-17)25(21)30-29-24(22)19-11-5-2-6-12-19/h3-12,20H,13-17H2,1-2H3;1,3-8,11-14,18H,9-10,15-17H2;2-11,19H,12-16H2,1H3,(H,27,33);1-14H,15-16H2,(H,28,33). The lowest BCUT2D eigenvalue weighted by atomic mass is 9.99. The Kier molecular flexibility index (Phi) is 28.8. The number of terminal acetylenes is 1. The van der Waals surface area contributed by atoms with Crippen LogP contribution < -0.4 is 10.6 Å². The molecule has 0 spiro atoms. The van der Waals surface area contributed by atoms with Crippen molar-refractivity contribution in [2.45, 2.75) is 83.3 Å². The van der Waals surface area contributed by atoms with Gasteiger partial charge in [-0.1, -0.05) is 295 Å². The van der Waals surface area contributed by atoms with Crippen LogP contribution in [0.3, 0.4) is 0 Å². The average molecular weight is 1850 g/mol. The first-order chi connectivity index (χ1) is 65.0. The second kappa shape index (κ2) is 42.2. The first-order valence-corrected chi connectivity index (χ1v) is 45.5. The molecule has 133 heavy (non-hydrogen) atoms. The number of hydrogen-bond donors (Lipinski definition) is 2. The van der Waals surface area contributed by atoms with E-state index in [-0.39, 0.29) is 61.8 Å². The van der Waals surface area contributed by atoms with Gasteiger partial charge in [0.1, 0.15) is 71.7 Å². The number of rotatable bonds is 20. The van der Waals surface area contributed by atoms with Crippen molar-refractivity contribution in [3.63, 3.8) is 0 Å². The summed E-state index contributed by atoms with van der Waals surface area (Å²) in [4.78, 5) is 64.1. The Morgan fingerprint density at radius 1 is 0.383 bits per heavy atom. The zero-order valence-electron chi connectivity index (χ0n) is 73.3. The van der Waals surface area contributed by atoms with E-state index in [1.165, 1.54) is 0 Å². The molecule has 3 aliphatic heterocycles. The van der Waals surface area contributed by atoms with Crippen LogP contribution in [-0.2, 0) is 51.9 Å². The first kappa shape index (κ1) is 90.6. The second-order valence-electron chi connectivity index (χ2n) is 32.9. The summed E-state index contributed by atoms with van der Waals surface area (Å²) >= 11 is 27.6. The number of nitrogens with zero attached hydrogens (tertiary/aromatic N) is 21. The Morgan fingerprint density at radius 2 is 0.707 bits per heavy atom. The van der Waals surface area contributed by atoms with Crippen molar-refractivity contribution in [2.75, 3.05) is 60.4 Å². The van der Waals surface area contributed by atoms with Gasteiger partial charge in [-0.05, 0) is 84.4 Å². The molecule has 1 atom stereocenters. The molecule has 0 radical (unpaired) electrons. The van der Waals surface area contributed by atoms with Crippen LogP contribution in [-0.4, -0.2) is 201 Å². The molecule has 9 aromatic heterocycles. The van der Waals surface area contributed by atoms with Crippen LogP contribution in [0.25, 0.3) is 134 Å². The molecule has 4 amide bonds. The number of carbonyl (C=O) groups excluding carboxylic acids is 4. The zero-order chi connectivity index (χ0) is 91.9. The maximum absolute atomic E-state index is 13.2. The number of amides is 4. The van der Waals surface area contributed by atoms with Gasteiger partial charge in [-0.25, -0.2) is 18.7 Å². The number of halogens is 4. The molecular formula is C102H93Cl4N23O4. The Morgan fingerprint density at radius 3 is 1.03 bits per heavy atom. The van der Waals surface area contributed by atoms with Crippen LogP contribution in [0, 0.1) is 18.3 Å². The number of likely N-dealkylation sites (tertiary alicyclic amines) is 3. The van der Waals surface area contributed by atoms with Crippen molar-refractivity contribution in [1.29, 1.82) is 0 Å². The maximum Gasteiger partial charge on any atom is 0.244 e. The Hall–Kier alpha value is -14.4. The summed E-state index contributed by atoms with van der Waals surface area (Å²) in [5, 5.41) is 65.1. The van der Waals surface area contributed by atoms with Gasteiger partial charge in [-0.15, -0.1) is 53.1 Å². The molecule has 2 N–H and O–H groups in total. The number of aromatic nitrogens is 17. The molecule has 20 rings (SSSR count). The van der Waals surface area contributed by atoms with E-state index < -0.39 is 0 Å². The van der Waals surface area contributed by atoms with Gasteiger partial charge in [0, 0.05) is 108 Å². The minimum Gasteiger partial charge on any atom is -0.352 e. The predicted molar refractivity (Wildman–Crippen MR) is 521 cm³/mol. The van der Waals surface area contributed by atoms with Crippen molar-refractivity contribution in [2.24, 2.45) is 5.92 Å². The largest absolute Gasteiger partial charge is 0.352 e. The number of benzene rings is 8. The summed E-state index contributed by atoms with van der Waals surface area (Å²) in [6.07, 6.45) is 14.7. The summed E-state index contributed by atoms with van der Waals surface area (Å²) in [6, 6.07) is 82.3. The number of fused-ring (bicyclic) bond motifs is 4. The molecule has 8 aromatic carbocycles. The fourth-order valence-electron chi connectivity index (χ4n) is 16.7. The number of carbonyl (C=O) groups is 4. The summed E-state index contributed by atoms with van der Waals surface area (Å²) in [6.45, 7) is 5.31. The molecule has 27 nitrogen and oxygen atoms in total. The van der Waals surface area contributed by atoms with Crippen LogP contribution in [0.2, 0.25) is 20.1 Å². The van der Waals surface area contributed by atoms with Gasteiger partial charge in [0.2, 0.25) is 23.6 Å². The third-order valence-electron chi connectivity index (χ3n) is 23.8. The highest BCUT2D eigenvalue weighted by Gasteiger charge is 2.32. The van der Waals surface area contributed by atoms with Crippen LogP contribution in [0.1, 0.15) is 44.1 Å². The topological polar surface area (TPSA) is 293 Å². The van der Waals surface area contributed by atoms with E-state index in [0.717, 1.165) is 115 Å². The van der Waals surface area contributed by atoms with Crippen LogP contribution in [0.15, 0.2) is 267 Å². The lowest BCUT2D eigenvalue weighted by molar-refractivity contribution is -0.134. The van der Waals surface area contributed by atoms with Gasteiger partial charge in [-0.2, -0.15) is 20.4 Å². The fraction of sp³-hybridized carbons (Fsp3) is 0.225. The molecule has 1 unspecified atom stereocenters. The number of hydrogen-bond acceptors (Lipinski definition) is 19. The van der Waals surface area contributed by atoms with Crippen molar-refractivity contribution >= 4 is 114 Å². The Bertz CT molecular complexity index is 6990. The van der Waals surface area contributed by atoms with Crippen LogP contribution in [0.5, 0.6) is 0 Å². The third-order valence-corrected chi connectivity index (χ3v) is 25.3. The van der Waals surface area contributed by atoms with E-state index >= 15 is 0 Å². The van der Waals surface area contributed by atoms with Crippen molar-refractivity contribution < 1.29 is 19.2 Å². The van der Waals surface area contributed by atoms with E-state index in [1.54, 1.807) is 31.1 Å². The SMILES string of the molecule is C#CC1CCCN(C(=O)Cn2nc(-c3ccccc3)c3c(Cl)c(-c4ccccc4)nnc32)C1.CN(C)C1CCN(C(=O)Cn2nc(-c3ccccc3)c3c(Cl)c(-c4ccccc4)nnc32)CC1.CN1CCC(NC(=O)Cn2nc(-c3ccccc3)c3c(Cl)c(-c4ccccc4)nnc32)CC1.O=C(Cn1nc(-c2ccccc2)c2c(Cl)c(-c3ccccc3)nnc21)NCc1cccnc1. The molecule has 668 valence electrons. The van der Waals surface area contributed by atoms with Crippen molar-refractivity contribution in [3.05, 3.63) is 293 Å². The molecule has 0 saturated carbocycles. The highest BCUT2D eigenvalue weighted by molar-refractivity contribution is 6.40. The van der Waals surface area contributed by atoms with E-state index in [0.29, 0.717) is 135 Å². The quantitative estimate of drug-likeness (QED) is 0.0670. The van der Waals surface area contributed by atoms with Gasteiger partial charge < -0.3 is 30.2 Å². The van der Waals surface area contributed by atoms with Gasteiger partial charge in [-0.3, -0.25) is 24.2 Å². The number of pyridine rings is 1. The highest BCUT2D eigenvalue weighted by atomic mass is 35.5. The number of nitrogens with one attached hydrogen (secondary N) is 2. The van der Waals surface area contributed by atoms with Gasteiger partial charge in [0.25, 0.3) is 0 Å². The Balaban J connectivity index is 0.000000124. The summed E-state index contributed by atoms with van der Waals surface area (Å²) in [7, 11) is 6.29. The number of piperidine rings is 3. The van der Waals surface area contributed by atoms with E-state index in [9.17, 15) is 19.2 Å². The molecule has 12 heterocycles. The molecule has 17 aromatic rings. The molecule has 0 aliphatic carbocycles. The third kappa shape index (κ3) is 20.9. The normalized spacial score (nSPS) is 14.2. The highest BCUT2D eigenvalue weighted by Crippen LogP contribution is 2.43. The molecule has 3 fully saturated rings. The van der Waals surface area contributed by atoms with Crippen molar-refractivity contribution in [3.8, 4) is 102 Å². The second-order valence-corrected chi connectivity index (χ2v) is 34.4. The zero-order valence-corrected chi connectivity index (χ0v) is 76.3. The summed E-state index contributed by atoms with van der Waals surface area (Å²) in [5.41, 5.74) is 15.0. The lowest BCUT2D eigenvalue weighted by Crippen LogP contribution is -2.45. The molecule has 0 bridgehead atoms. The maximum atomic E-state index is 13.2. The monoisotopic (exact) mass is 1840 g/mol. The van der Waals surface area contributed by atoms with Crippen LogP contribution >= 0.6 is 46.4 Å². The minimum atomic E-state index is -0.201. The molecule has 3 aliphatic rings. The van der Waals surface area contributed by atoms with Gasteiger partial charge >= 0.3 is 0 Å². The molecule has 3 saturated heterocycles. The minimum absolute atomic E-state index is 0.0146. The van der Waals surface area contributed by atoms with Crippen LogP contribution in [0.4, 0.5) is 0 Å².